The fourth-order valence-electron chi connectivity index (χ4n) is 1.61. The van der Waals surface area contributed by atoms with Crippen LogP contribution in [0.2, 0.25) is 5.15 Å². The second-order valence-electron chi connectivity index (χ2n) is 4.15. The van der Waals surface area contributed by atoms with Crippen LogP contribution in [0, 0.1) is 0 Å². The highest BCUT2D eigenvalue weighted by molar-refractivity contribution is 7.92. The van der Waals surface area contributed by atoms with E-state index in [1.807, 2.05) is 0 Å². The highest BCUT2D eigenvalue weighted by Crippen LogP contribution is 2.17. The van der Waals surface area contributed by atoms with Crippen LogP contribution in [0.25, 0.3) is 0 Å². The van der Waals surface area contributed by atoms with E-state index in [1.54, 1.807) is 13.0 Å². The van der Waals surface area contributed by atoms with Crippen LogP contribution >= 0.6 is 11.6 Å². The molecule has 2 rings (SSSR count). The summed E-state index contributed by atoms with van der Waals surface area (Å²) in [5, 5.41) is 7.33. The van der Waals surface area contributed by atoms with E-state index >= 15 is 0 Å². The number of nitrogens with zero attached hydrogens (tertiary/aromatic N) is 2. The number of sulfonamides is 1. The second kappa shape index (κ2) is 6.19. The van der Waals surface area contributed by atoms with Crippen molar-refractivity contribution in [2.24, 2.45) is 0 Å². The molecule has 0 spiro atoms. The Morgan fingerprint density at radius 3 is 2.62 bits per heavy atom. The predicted molar refractivity (Wildman–Crippen MR) is 78.9 cm³/mol. The van der Waals surface area contributed by atoms with Gasteiger partial charge in [-0.15, -0.1) is 10.2 Å². The van der Waals surface area contributed by atoms with Gasteiger partial charge in [-0.3, -0.25) is 9.52 Å². The third-order valence-corrected chi connectivity index (χ3v) is 4.21. The first-order valence-electron chi connectivity index (χ1n) is 6.07. The third kappa shape index (κ3) is 3.77. The molecule has 0 unspecified atom stereocenters. The molecule has 6 nitrogen and oxygen atoms in total. The fourth-order valence-corrected chi connectivity index (χ4v) is 2.75. The van der Waals surface area contributed by atoms with Crippen molar-refractivity contribution < 1.29 is 13.2 Å². The van der Waals surface area contributed by atoms with Gasteiger partial charge in [-0.05, 0) is 24.3 Å². The normalized spacial score (nSPS) is 11.1. The summed E-state index contributed by atoms with van der Waals surface area (Å²) >= 11 is 5.58. The Bertz CT molecular complexity index is 760. The zero-order valence-corrected chi connectivity index (χ0v) is 12.6. The largest absolute Gasteiger partial charge is 0.294 e. The molecule has 0 aliphatic rings. The van der Waals surface area contributed by atoms with Gasteiger partial charge in [0.15, 0.2) is 16.8 Å². The molecule has 0 saturated carbocycles. The number of halogens is 1. The summed E-state index contributed by atoms with van der Waals surface area (Å²) in [6.45, 7) is 1.71. The number of hydrogen-bond acceptors (Lipinski definition) is 5. The zero-order valence-electron chi connectivity index (χ0n) is 11.1. The average Bonchev–Trinajstić information content (AvgIpc) is 2.49. The number of benzene rings is 1. The summed E-state index contributed by atoms with van der Waals surface area (Å²) in [6.07, 6.45) is 0.305. The lowest BCUT2D eigenvalue weighted by atomic mass is 10.1. The molecule has 1 aromatic carbocycles. The monoisotopic (exact) mass is 325 g/mol. The number of carbonyl (C=O) groups excluding carboxylic acids is 1. The molecule has 8 heteroatoms. The van der Waals surface area contributed by atoms with Gasteiger partial charge in [0.25, 0.3) is 10.0 Å². The van der Waals surface area contributed by atoms with E-state index < -0.39 is 10.0 Å². The molecule has 0 aliphatic heterocycles. The molecule has 0 bridgehead atoms. The number of ketones is 1. The number of aromatic nitrogens is 2. The smallest absolute Gasteiger partial charge is 0.263 e. The van der Waals surface area contributed by atoms with E-state index in [9.17, 15) is 13.2 Å². The van der Waals surface area contributed by atoms with Gasteiger partial charge in [0, 0.05) is 12.0 Å². The zero-order chi connectivity index (χ0) is 15.5. The lowest BCUT2D eigenvalue weighted by molar-refractivity contribution is 0.0988. The fraction of sp³-hybridized carbons (Fsp3) is 0.154. The minimum absolute atomic E-state index is 0.0152. The van der Waals surface area contributed by atoms with Gasteiger partial charge in [0.05, 0.1) is 4.90 Å². The summed E-state index contributed by atoms with van der Waals surface area (Å²) in [5.74, 6) is -0.0787. The van der Waals surface area contributed by atoms with E-state index in [2.05, 4.69) is 14.9 Å². The van der Waals surface area contributed by atoms with Crippen LogP contribution in [-0.2, 0) is 10.0 Å². The number of nitrogens with one attached hydrogen (secondary N) is 1. The molecular formula is C13H12ClN3O3S. The highest BCUT2D eigenvalue weighted by Gasteiger charge is 2.16. The maximum absolute atomic E-state index is 12.2. The van der Waals surface area contributed by atoms with Crippen LogP contribution in [0.4, 0.5) is 5.82 Å². The summed E-state index contributed by atoms with van der Waals surface area (Å²) < 4.78 is 26.7. The third-order valence-electron chi connectivity index (χ3n) is 2.66. The molecule has 21 heavy (non-hydrogen) atoms. The van der Waals surface area contributed by atoms with Gasteiger partial charge in [-0.1, -0.05) is 30.7 Å². The van der Waals surface area contributed by atoms with Gasteiger partial charge in [-0.25, -0.2) is 8.42 Å². The molecule has 110 valence electrons. The Kier molecular flexibility index (Phi) is 4.54. The first-order chi connectivity index (χ1) is 9.92. The van der Waals surface area contributed by atoms with Gasteiger partial charge >= 0.3 is 0 Å². The van der Waals surface area contributed by atoms with Gasteiger partial charge < -0.3 is 0 Å². The highest BCUT2D eigenvalue weighted by atomic mass is 35.5. The molecular weight excluding hydrogens is 314 g/mol. The summed E-state index contributed by atoms with van der Waals surface area (Å²) in [6, 6.07) is 8.64. The SMILES string of the molecule is CCC(=O)c1cccc(S(=O)(=O)Nc2ccc(Cl)nn2)c1. The Labute approximate surface area is 127 Å². The Hall–Kier alpha value is -1.99. The van der Waals surface area contributed by atoms with Crippen molar-refractivity contribution in [3.05, 3.63) is 47.1 Å². The van der Waals surface area contributed by atoms with Crippen LogP contribution in [0.15, 0.2) is 41.3 Å². The first-order valence-corrected chi connectivity index (χ1v) is 7.94. The molecule has 1 heterocycles. The molecule has 0 atom stereocenters. The molecule has 1 N–H and O–H groups in total. The van der Waals surface area contributed by atoms with Crippen LogP contribution in [0.5, 0.6) is 0 Å². The number of carbonyl (C=O) groups is 1. The second-order valence-corrected chi connectivity index (χ2v) is 6.22. The average molecular weight is 326 g/mol. The molecule has 0 fully saturated rings. The van der Waals surface area contributed by atoms with Crippen molar-refractivity contribution in [3.63, 3.8) is 0 Å². The number of anilines is 1. The minimum Gasteiger partial charge on any atom is -0.294 e. The molecule has 0 saturated heterocycles. The molecule has 0 amide bonds. The van der Waals surface area contributed by atoms with E-state index in [-0.39, 0.29) is 21.6 Å². The Morgan fingerprint density at radius 1 is 1.24 bits per heavy atom. The summed E-state index contributed by atoms with van der Waals surface area (Å²) in [4.78, 5) is 11.6. The van der Waals surface area contributed by atoms with Crippen LogP contribution in [-0.4, -0.2) is 24.4 Å². The lowest BCUT2D eigenvalue weighted by Crippen LogP contribution is -2.15. The van der Waals surface area contributed by atoms with Gasteiger partial charge in [0.1, 0.15) is 0 Å². The van der Waals surface area contributed by atoms with Crippen LogP contribution in [0.1, 0.15) is 23.7 Å². The molecule has 0 aliphatic carbocycles. The van der Waals surface area contributed by atoms with Crippen LogP contribution < -0.4 is 4.72 Å². The maximum atomic E-state index is 12.2. The lowest BCUT2D eigenvalue weighted by Gasteiger charge is -2.07. The van der Waals surface area contributed by atoms with E-state index in [0.717, 1.165) is 0 Å². The summed E-state index contributed by atoms with van der Waals surface area (Å²) in [5.41, 5.74) is 0.350. The quantitative estimate of drug-likeness (QED) is 0.853. The van der Waals surface area contributed by atoms with Crippen LogP contribution in [0.3, 0.4) is 0 Å². The van der Waals surface area contributed by atoms with E-state index in [1.165, 1.54) is 30.3 Å². The standard InChI is InChI=1S/C13H12ClN3O3S/c1-2-11(18)9-4-3-5-10(8-9)21(19,20)17-13-7-6-12(14)15-16-13/h3-8H,2H2,1H3,(H,16,17). The predicted octanol–water partition coefficient (Wildman–Crippen LogP) is 2.52. The number of rotatable bonds is 5. The Balaban J connectivity index is 2.31. The van der Waals surface area contributed by atoms with E-state index in [4.69, 9.17) is 11.6 Å². The van der Waals surface area contributed by atoms with Crippen molar-refractivity contribution in [2.45, 2.75) is 18.2 Å². The maximum Gasteiger partial charge on any atom is 0.263 e. The van der Waals surface area contributed by atoms with Crippen molar-refractivity contribution in [3.8, 4) is 0 Å². The van der Waals surface area contributed by atoms with Gasteiger partial charge in [0.2, 0.25) is 0 Å². The van der Waals surface area contributed by atoms with Crippen molar-refractivity contribution in [1.82, 2.24) is 10.2 Å². The first kappa shape index (κ1) is 15.4. The molecule has 2 aromatic rings. The summed E-state index contributed by atoms with van der Waals surface area (Å²) in [7, 11) is -3.84. The molecule has 0 radical (unpaired) electrons. The van der Waals surface area contributed by atoms with Crippen molar-refractivity contribution in [2.75, 3.05) is 4.72 Å². The van der Waals surface area contributed by atoms with Gasteiger partial charge in [-0.2, -0.15) is 0 Å². The molecule has 1 aromatic heterocycles. The number of hydrogen-bond donors (Lipinski definition) is 1. The minimum atomic E-state index is -3.84. The van der Waals surface area contributed by atoms with E-state index in [0.29, 0.717) is 12.0 Å². The van der Waals surface area contributed by atoms with Crippen molar-refractivity contribution >= 4 is 33.2 Å². The van der Waals surface area contributed by atoms with Crippen molar-refractivity contribution in [1.29, 1.82) is 0 Å². The number of Topliss-reactive ketones (excluding diaryl/α,β-unsaturated/α-hetero) is 1. The topological polar surface area (TPSA) is 89.0 Å². The Morgan fingerprint density at radius 2 is 2.00 bits per heavy atom.